The summed E-state index contributed by atoms with van der Waals surface area (Å²) in [7, 11) is 0. The number of aliphatic imine (C=N–C) groups is 1. The molecule has 3 N–H and O–H groups in total. The van der Waals surface area contributed by atoms with Gasteiger partial charge in [-0.2, -0.15) is 0 Å². The summed E-state index contributed by atoms with van der Waals surface area (Å²) in [5.41, 5.74) is 1.94. The Balaban J connectivity index is 0.00000363. The van der Waals surface area contributed by atoms with E-state index in [0.29, 0.717) is 5.96 Å². The molecule has 178 valence electrons. The minimum absolute atomic E-state index is 0. The number of guanidine groups is 1. The Labute approximate surface area is 212 Å². The van der Waals surface area contributed by atoms with Crippen LogP contribution < -0.4 is 20.3 Å². The number of hydrogen-bond donors (Lipinski definition) is 3. The molecule has 0 bridgehead atoms. The molecule has 9 heteroatoms. The lowest BCUT2D eigenvalue weighted by molar-refractivity contribution is 0.186. The topological polar surface area (TPSA) is 82.0 Å². The van der Waals surface area contributed by atoms with E-state index in [1.165, 1.54) is 12.8 Å². The van der Waals surface area contributed by atoms with Crippen molar-refractivity contribution < 1.29 is 9.84 Å². The highest BCUT2D eigenvalue weighted by Crippen LogP contribution is 2.24. The van der Waals surface area contributed by atoms with E-state index in [0.717, 1.165) is 54.7 Å². The first-order chi connectivity index (χ1) is 15.0. The Morgan fingerprint density at radius 1 is 1.22 bits per heavy atom. The van der Waals surface area contributed by atoms with Crippen molar-refractivity contribution in [2.24, 2.45) is 4.99 Å². The maximum Gasteiger partial charge on any atom is 0.191 e. The van der Waals surface area contributed by atoms with Crippen molar-refractivity contribution in [2.45, 2.75) is 52.2 Å². The van der Waals surface area contributed by atoms with Crippen LogP contribution in [0, 0.1) is 0 Å². The molecular formula is C23H36IN5O2S. The first kappa shape index (κ1) is 26.7. The third-order valence-electron chi connectivity index (χ3n) is 4.99. The first-order valence-electron chi connectivity index (χ1n) is 11.2. The maximum atomic E-state index is 10.5. The van der Waals surface area contributed by atoms with Gasteiger partial charge < -0.3 is 25.4 Å². The van der Waals surface area contributed by atoms with E-state index in [4.69, 9.17) is 9.72 Å². The summed E-state index contributed by atoms with van der Waals surface area (Å²) < 4.78 is 5.65. The van der Waals surface area contributed by atoms with Gasteiger partial charge in [0.25, 0.3) is 0 Å². The largest absolute Gasteiger partial charge is 0.491 e. The van der Waals surface area contributed by atoms with Crippen molar-refractivity contribution >= 4 is 46.4 Å². The molecule has 1 saturated heterocycles. The second-order valence-corrected chi connectivity index (χ2v) is 8.80. The number of aromatic nitrogens is 1. The zero-order valence-corrected chi connectivity index (χ0v) is 22.4. The number of nitrogens with zero attached hydrogens (tertiary/aromatic N) is 3. The van der Waals surface area contributed by atoms with Crippen molar-refractivity contribution in [1.29, 1.82) is 0 Å². The van der Waals surface area contributed by atoms with E-state index in [9.17, 15) is 5.11 Å². The van der Waals surface area contributed by atoms with Gasteiger partial charge in [-0.15, -0.1) is 35.3 Å². The van der Waals surface area contributed by atoms with Crippen LogP contribution in [0.5, 0.6) is 5.75 Å². The molecule has 1 fully saturated rings. The normalized spacial score (nSPS) is 14.9. The highest BCUT2D eigenvalue weighted by Gasteiger charge is 2.15. The molecule has 2 heterocycles. The predicted octanol–water partition coefficient (Wildman–Crippen LogP) is 3.98. The number of halogens is 1. The molecule has 0 spiro atoms. The maximum absolute atomic E-state index is 10.5. The Bertz CT molecular complexity index is 822. The van der Waals surface area contributed by atoms with Crippen LogP contribution in [0.15, 0.2) is 34.6 Å². The number of ether oxygens (including phenoxy) is 1. The van der Waals surface area contributed by atoms with Crippen LogP contribution in [0.2, 0.25) is 0 Å². The quantitative estimate of drug-likeness (QED) is 0.227. The summed E-state index contributed by atoms with van der Waals surface area (Å²) >= 11 is 1.73. The van der Waals surface area contributed by atoms with Crippen molar-refractivity contribution in [3.63, 3.8) is 0 Å². The smallest absolute Gasteiger partial charge is 0.191 e. The number of nitrogens with one attached hydrogen (secondary N) is 2. The first-order valence-corrected chi connectivity index (χ1v) is 12.1. The lowest BCUT2D eigenvalue weighted by Crippen LogP contribution is -2.38. The molecule has 1 unspecified atom stereocenters. The molecule has 2 aromatic rings. The monoisotopic (exact) mass is 573 g/mol. The molecule has 0 aliphatic carbocycles. The summed E-state index contributed by atoms with van der Waals surface area (Å²) in [5, 5.41) is 20.4. The molecule has 3 rings (SSSR count). The number of aliphatic hydroxyl groups excluding tert-OH is 1. The van der Waals surface area contributed by atoms with E-state index in [1.807, 2.05) is 45.0 Å². The van der Waals surface area contributed by atoms with Crippen LogP contribution in [0.4, 0.5) is 5.13 Å². The third kappa shape index (κ3) is 8.40. The average molecular weight is 574 g/mol. The van der Waals surface area contributed by atoms with Crippen LogP contribution in [0.3, 0.4) is 0 Å². The average Bonchev–Trinajstić information content (AvgIpc) is 3.44. The summed E-state index contributed by atoms with van der Waals surface area (Å²) in [4.78, 5) is 11.7. The highest BCUT2D eigenvalue weighted by molar-refractivity contribution is 14.0. The molecule has 1 aliphatic heterocycles. The zero-order chi connectivity index (χ0) is 22.1. The van der Waals surface area contributed by atoms with Gasteiger partial charge >= 0.3 is 0 Å². The Morgan fingerprint density at radius 2 is 1.94 bits per heavy atom. The van der Waals surface area contributed by atoms with Crippen LogP contribution in [-0.4, -0.2) is 54.9 Å². The lowest BCUT2D eigenvalue weighted by atomic mass is 10.1. The van der Waals surface area contributed by atoms with E-state index in [2.05, 4.69) is 25.9 Å². The van der Waals surface area contributed by atoms with Crippen LogP contribution in [-0.2, 0) is 6.42 Å². The summed E-state index contributed by atoms with van der Waals surface area (Å²) in [6, 6.07) is 7.54. The van der Waals surface area contributed by atoms with Gasteiger partial charge in [-0.25, -0.2) is 4.98 Å². The van der Waals surface area contributed by atoms with Gasteiger partial charge in [0, 0.05) is 38.0 Å². The fourth-order valence-electron chi connectivity index (χ4n) is 3.44. The summed E-state index contributed by atoms with van der Waals surface area (Å²) in [6.45, 7) is 10.1. The number of benzene rings is 1. The predicted molar refractivity (Wildman–Crippen MR) is 144 cm³/mol. The fourth-order valence-corrected chi connectivity index (χ4v) is 4.35. The SMILES string of the molecule is CCNC(=NCC(O)c1ccc(OC(C)C)cc1)NCCc1csc(N2CCCC2)n1.I. The number of aliphatic hydroxyl groups is 1. The van der Waals surface area contributed by atoms with Gasteiger partial charge in [-0.1, -0.05) is 12.1 Å². The highest BCUT2D eigenvalue weighted by atomic mass is 127. The molecule has 0 saturated carbocycles. The van der Waals surface area contributed by atoms with E-state index >= 15 is 0 Å². The van der Waals surface area contributed by atoms with Gasteiger partial charge in [0.15, 0.2) is 11.1 Å². The molecular weight excluding hydrogens is 537 g/mol. The van der Waals surface area contributed by atoms with Gasteiger partial charge in [0.05, 0.1) is 24.4 Å². The lowest BCUT2D eigenvalue weighted by Gasteiger charge is -2.14. The van der Waals surface area contributed by atoms with Crippen LogP contribution in [0.1, 0.15) is 51.0 Å². The van der Waals surface area contributed by atoms with E-state index < -0.39 is 6.10 Å². The van der Waals surface area contributed by atoms with Gasteiger partial charge in [-0.3, -0.25) is 4.99 Å². The third-order valence-corrected chi connectivity index (χ3v) is 5.94. The number of thiazole rings is 1. The summed E-state index contributed by atoms with van der Waals surface area (Å²) in [6.07, 6.45) is 2.84. The Morgan fingerprint density at radius 3 is 2.59 bits per heavy atom. The molecule has 1 atom stereocenters. The minimum atomic E-state index is -0.662. The van der Waals surface area contributed by atoms with Crippen molar-refractivity contribution in [1.82, 2.24) is 15.6 Å². The fraction of sp³-hybridized carbons (Fsp3) is 0.565. The van der Waals surface area contributed by atoms with Gasteiger partial charge in [-0.05, 0) is 51.3 Å². The van der Waals surface area contributed by atoms with Gasteiger partial charge in [0.2, 0.25) is 0 Å². The number of rotatable bonds is 10. The number of hydrogen-bond acceptors (Lipinski definition) is 6. The van der Waals surface area contributed by atoms with E-state index in [-0.39, 0.29) is 36.6 Å². The molecule has 0 radical (unpaired) electrons. The molecule has 1 aromatic heterocycles. The van der Waals surface area contributed by atoms with E-state index in [1.54, 1.807) is 11.3 Å². The van der Waals surface area contributed by atoms with Gasteiger partial charge in [0.1, 0.15) is 5.75 Å². The molecule has 1 aromatic carbocycles. The number of anilines is 1. The standard InChI is InChI=1S/C23H35N5O2S.HI/c1-4-24-22(25-12-11-19-16-31-23(27-19)28-13-5-6-14-28)26-15-21(29)18-7-9-20(10-8-18)30-17(2)3;/h7-10,16-17,21,29H,4-6,11-15H2,1-3H3,(H2,24,25,26);1H. The van der Waals surface area contributed by atoms with Crippen molar-refractivity contribution in [3.05, 3.63) is 40.9 Å². The van der Waals surface area contributed by atoms with Crippen molar-refractivity contribution in [2.75, 3.05) is 37.6 Å². The second kappa shape index (κ2) is 13.8. The molecule has 1 aliphatic rings. The summed E-state index contributed by atoms with van der Waals surface area (Å²) in [5.74, 6) is 1.51. The molecule has 32 heavy (non-hydrogen) atoms. The molecule has 0 amide bonds. The Kier molecular flexibility index (Phi) is 11.5. The Hall–Kier alpha value is -1.59. The van der Waals surface area contributed by atoms with Crippen molar-refractivity contribution in [3.8, 4) is 5.75 Å². The zero-order valence-electron chi connectivity index (χ0n) is 19.2. The van der Waals surface area contributed by atoms with Crippen LogP contribution >= 0.6 is 35.3 Å². The minimum Gasteiger partial charge on any atom is -0.491 e. The van der Waals surface area contributed by atoms with Crippen LogP contribution in [0.25, 0.3) is 0 Å². The molecule has 7 nitrogen and oxygen atoms in total. The second-order valence-electron chi connectivity index (χ2n) is 7.96.